The van der Waals surface area contributed by atoms with Crippen molar-refractivity contribution < 1.29 is 17.9 Å². The Labute approximate surface area is 145 Å². The molecule has 3 rings (SSSR count). The van der Waals surface area contributed by atoms with Gasteiger partial charge in [-0.05, 0) is 42.0 Å². The molecule has 128 valence electrons. The standard InChI is InChI=1S/C17H17ClFNO3S/c18-12-4-6-14(7-5-12)24(22,23)16-15(17(16,9-20)10-21)11-2-1-3-13(19)8-11/h1-8,15-16,21H,9-10,20H2/t15-,16+,17-/m1/s1. The highest BCUT2D eigenvalue weighted by atomic mass is 35.5. The predicted molar refractivity (Wildman–Crippen MR) is 90.1 cm³/mol. The van der Waals surface area contributed by atoms with E-state index in [9.17, 15) is 17.9 Å². The lowest BCUT2D eigenvalue weighted by atomic mass is 10.00. The van der Waals surface area contributed by atoms with Crippen molar-refractivity contribution in [1.29, 1.82) is 0 Å². The number of aliphatic hydroxyl groups is 1. The number of benzene rings is 2. The first-order valence-corrected chi connectivity index (χ1v) is 9.35. The Kier molecular flexibility index (Phi) is 4.42. The van der Waals surface area contributed by atoms with Crippen LogP contribution in [0.1, 0.15) is 11.5 Å². The van der Waals surface area contributed by atoms with Gasteiger partial charge in [-0.2, -0.15) is 0 Å². The third-order valence-corrected chi connectivity index (χ3v) is 7.33. The van der Waals surface area contributed by atoms with Gasteiger partial charge in [-0.3, -0.25) is 0 Å². The summed E-state index contributed by atoms with van der Waals surface area (Å²) in [4.78, 5) is 0.113. The highest BCUT2D eigenvalue weighted by Crippen LogP contribution is 2.63. The molecular weight excluding hydrogens is 353 g/mol. The van der Waals surface area contributed by atoms with E-state index in [1.807, 2.05) is 0 Å². The first-order valence-electron chi connectivity index (χ1n) is 7.42. The normalized spacial score (nSPS) is 26.3. The fourth-order valence-corrected chi connectivity index (χ4v) is 5.99. The summed E-state index contributed by atoms with van der Waals surface area (Å²) in [5.74, 6) is -1.00. The fraction of sp³-hybridized carbons (Fsp3) is 0.294. The molecule has 0 spiro atoms. The molecule has 0 aromatic heterocycles. The molecule has 1 fully saturated rings. The van der Waals surface area contributed by atoms with Gasteiger partial charge in [0.25, 0.3) is 0 Å². The van der Waals surface area contributed by atoms with E-state index in [4.69, 9.17) is 17.3 Å². The van der Waals surface area contributed by atoms with Crippen LogP contribution in [-0.2, 0) is 9.84 Å². The van der Waals surface area contributed by atoms with Crippen molar-refractivity contribution >= 4 is 21.4 Å². The molecule has 1 saturated carbocycles. The Hall–Kier alpha value is -1.47. The summed E-state index contributed by atoms with van der Waals surface area (Å²) >= 11 is 5.81. The van der Waals surface area contributed by atoms with Crippen LogP contribution in [0.5, 0.6) is 0 Å². The SMILES string of the molecule is NC[C@@]1(CO)[C@H](c2cccc(F)c2)[C@@H]1S(=O)(=O)c1ccc(Cl)cc1. The van der Waals surface area contributed by atoms with Gasteiger partial charge in [-0.1, -0.05) is 23.7 Å². The minimum atomic E-state index is -3.75. The monoisotopic (exact) mass is 369 g/mol. The third kappa shape index (κ3) is 2.63. The van der Waals surface area contributed by atoms with E-state index in [-0.39, 0.29) is 18.0 Å². The predicted octanol–water partition coefficient (Wildman–Crippen LogP) is 2.36. The smallest absolute Gasteiger partial charge is 0.182 e. The van der Waals surface area contributed by atoms with Crippen molar-refractivity contribution in [3.8, 4) is 0 Å². The number of aliphatic hydroxyl groups excluding tert-OH is 1. The van der Waals surface area contributed by atoms with Crippen LogP contribution in [0, 0.1) is 11.2 Å². The molecule has 3 atom stereocenters. The Balaban J connectivity index is 2.06. The van der Waals surface area contributed by atoms with Crippen molar-refractivity contribution in [2.45, 2.75) is 16.1 Å². The quantitative estimate of drug-likeness (QED) is 0.847. The van der Waals surface area contributed by atoms with Crippen molar-refractivity contribution in [1.82, 2.24) is 0 Å². The molecule has 4 nitrogen and oxygen atoms in total. The molecule has 0 saturated heterocycles. The molecule has 2 aromatic rings. The van der Waals surface area contributed by atoms with Crippen molar-refractivity contribution in [2.75, 3.05) is 13.2 Å². The van der Waals surface area contributed by atoms with Crippen LogP contribution >= 0.6 is 11.6 Å². The average molecular weight is 370 g/mol. The molecule has 3 N–H and O–H groups in total. The van der Waals surface area contributed by atoms with Crippen LogP contribution in [0.4, 0.5) is 4.39 Å². The molecule has 0 heterocycles. The summed E-state index contributed by atoms with van der Waals surface area (Å²) in [6.45, 7) is -0.398. The second-order valence-electron chi connectivity index (χ2n) is 6.05. The van der Waals surface area contributed by atoms with E-state index < -0.39 is 32.2 Å². The average Bonchev–Trinajstić information content (AvgIpc) is 3.26. The van der Waals surface area contributed by atoms with Gasteiger partial charge in [0.2, 0.25) is 0 Å². The Bertz CT molecular complexity index is 850. The Morgan fingerprint density at radius 3 is 2.42 bits per heavy atom. The van der Waals surface area contributed by atoms with Crippen molar-refractivity contribution in [2.24, 2.45) is 11.1 Å². The van der Waals surface area contributed by atoms with Gasteiger partial charge in [0, 0.05) is 22.9 Å². The minimum Gasteiger partial charge on any atom is -0.396 e. The highest BCUT2D eigenvalue weighted by molar-refractivity contribution is 7.92. The number of rotatable bonds is 5. The lowest BCUT2D eigenvalue weighted by molar-refractivity contribution is 0.212. The minimum absolute atomic E-state index is 0.0117. The van der Waals surface area contributed by atoms with Crippen LogP contribution in [-0.4, -0.2) is 31.9 Å². The maximum atomic E-state index is 13.5. The second-order valence-corrected chi connectivity index (χ2v) is 8.55. The van der Waals surface area contributed by atoms with E-state index in [1.54, 1.807) is 6.07 Å². The topological polar surface area (TPSA) is 80.4 Å². The van der Waals surface area contributed by atoms with Gasteiger partial charge >= 0.3 is 0 Å². The lowest BCUT2D eigenvalue weighted by Gasteiger charge is -2.12. The molecule has 0 aliphatic heterocycles. The van der Waals surface area contributed by atoms with Gasteiger partial charge in [-0.25, -0.2) is 12.8 Å². The van der Waals surface area contributed by atoms with E-state index in [0.717, 1.165) is 0 Å². The number of hydrogen-bond donors (Lipinski definition) is 2. The van der Waals surface area contributed by atoms with Crippen molar-refractivity contribution in [3.63, 3.8) is 0 Å². The second kappa shape index (κ2) is 6.11. The maximum absolute atomic E-state index is 13.5. The summed E-state index contributed by atoms with van der Waals surface area (Å²) in [5, 5.41) is 9.35. The van der Waals surface area contributed by atoms with Gasteiger partial charge in [0.1, 0.15) is 5.82 Å². The molecular formula is C17H17ClFNO3S. The summed E-state index contributed by atoms with van der Waals surface area (Å²) in [7, 11) is -3.75. The van der Waals surface area contributed by atoms with Crippen LogP contribution in [0.3, 0.4) is 0 Å². The number of hydrogen-bond acceptors (Lipinski definition) is 4. The zero-order valence-electron chi connectivity index (χ0n) is 12.7. The van der Waals surface area contributed by atoms with Crippen molar-refractivity contribution in [3.05, 3.63) is 64.9 Å². The molecule has 1 aliphatic rings. The third-order valence-electron chi connectivity index (χ3n) is 4.74. The highest BCUT2D eigenvalue weighted by Gasteiger charge is 2.70. The summed E-state index contributed by atoms with van der Waals surface area (Å²) in [6.07, 6.45) is 0. The van der Waals surface area contributed by atoms with Gasteiger partial charge in [0.05, 0.1) is 16.8 Å². The molecule has 0 unspecified atom stereocenters. The Morgan fingerprint density at radius 2 is 1.88 bits per heavy atom. The van der Waals surface area contributed by atoms with Gasteiger partial charge in [0.15, 0.2) is 9.84 Å². The van der Waals surface area contributed by atoms with E-state index >= 15 is 0 Å². The number of sulfone groups is 1. The summed E-state index contributed by atoms with van der Waals surface area (Å²) in [5.41, 5.74) is 5.31. The first kappa shape index (κ1) is 17.4. The van der Waals surface area contributed by atoms with Crippen LogP contribution < -0.4 is 5.73 Å². The molecule has 0 bridgehead atoms. The number of halogens is 2. The number of nitrogens with two attached hydrogens (primary N) is 1. The molecule has 0 amide bonds. The summed E-state index contributed by atoms with van der Waals surface area (Å²) < 4.78 is 39.6. The first-order chi connectivity index (χ1) is 11.4. The largest absolute Gasteiger partial charge is 0.396 e. The summed E-state index contributed by atoms with van der Waals surface area (Å²) in [6, 6.07) is 11.6. The molecule has 1 aliphatic carbocycles. The van der Waals surface area contributed by atoms with E-state index in [1.165, 1.54) is 42.5 Å². The van der Waals surface area contributed by atoms with Gasteiger partial charge < -0.3 is 10.8 Å². The molecule has 0 radical (unpaired) electrons. The molecule has 2 aromatic carbocycles. The fourth-order valence-electron chi connectivity index (χ4n) is 3.42. The zero-order valence-corrected chi connectivity index (χ0v) is 14.3. The molecule has 24 heavy (non-hydrogen) atoms. The lowest BCUT2D eigenvalue weighted by Crippen LogP contribution is -2.27. The van der Waals surface area contributed by atoms with E-state index in [0.29, 0.717) is 10.6 Å². The maximum Gasteiger partial charge on any atom is 0.182 e. The van der Waals surface area contributed by atoms with Crippen LogP contribution in [0.25, 0.3) is 0 Å². The zero-order chi connectivity index (χ0) is 17.5. The van der Waals surface area contributed by atoms with E-state index in [2.05, 4.69) is 0 Å². The Morgan fingerprint density at radius 1 is 1.21 bits per heavy atom. The van der Waals surface area contributed by atoms with Crippen LogP contribution in [0.2, 0.25) is 5.02 Å². The molecule has 7 heteroatoms. The van der Waals surface area contributed by atoms with Gasteiger partial charge in [-0.15, -0.1) is 0 Å². The van der Waals surface area contributed by atoms with Crippen LogP contribution in [0.15, 0.2) is 53.4 Å².